The Morgan fingerprint density at radius 1 is 1.45 bits per heavy atom. The number of nitrogens with one attached hydrogen (secondary N) is 1. The van der Waals surface area contributed by atoms with Crippen molar-refractivity contribution in [3.8, 4) is 11.8 Å². The van der Waals surface area contributed by atoms with Gasteiger partial charge in [-0.25, -0.2) is 4.39 Å². The molecule has 1 rings (SSSR count). The lowest BCUT2D eigenvalue weighted by atomic mass is 9.90. The Kier molecular flexibility index (Phi) is 5.97. The molecule has 1 aromatic carbocycles. The van der Waals surface area contributed by atoms with Gasteiger partial charge in [0.05, 0.1) is 18.1 Å². The molecule has 0 heterocycles. The summed E-state index contributed by atoms with van der Waals surface area (Å²) in [5.74, 6) is 0.269. The smallest absolute Gasteiger partial charge is 0.131 e. The Hall–Kier alpha value is -1.60. The molecule has 0 aromatic heterocycles. The molecule has 1 N–H and O–H groups in total. The maximum atomic E-state index is 13.9. The number of rotatable bonds is 7. The fourth-order valence-electron chi connectivity index (χ4n) is 1.86. The molecule has 1 aromatic rings. The molecule has 0 aliphatic rings. The molecule has 0 aliphatic heterocycles. The summed E-state index contributed by atoms with van der Waals surface area (Å²) < 4.78 is 19.4. The Labute approximate surface area is 120 Å². The van der Waals surface area contributed by atoms with Gasteiger partial charge in [-0.15, -0.1) is 0 Å². The summed E-state index contributed by atoms with van der Waals surface area (Å²) in [4.78, 5) is 0. The second-order valence-corrected chi connectivity index (χ2v) is 5.64. The van der Waals surface area contributed by atoms with Crippen molar-refractivity contribution in [3.63, 3.8) is 0 Å². The minimum atomic E-state index is -0.333. The van der Waals surface area contributed by atoms with Gasteiger partial charge < -0.3 is 10.1 Å². The number of ether oxygens (including phenoxy) is 1. The number of halogens is 1. The molecular weight excluding hydrogens is 255 g/mol. The molecule has 0 radical (unpaired) electrons. The Bertz CT molecular complexity index is 480. The van der Waals surface area contributed by atoms with E-state index in [4.69, 9.17) is 10.00 Å². The SMILES string of the molecule is CNC(C)c1ccc(OCCCC(C)(C)C#N)cc1F. The van der Waals surface area contributed by atoms with Gasteiger partial charge in [-0.3, -0.25) is 0 Å². The quantitative estimate of drug-likeness (QED) is 0.771. The summed E-state index contributed by atoms with van der Waals surface area (Å²) in [6, 6.07) is 7.16. The summed E-state index contributed by atoms with van der Waals surface area (Å²) in [6.45, 7) is 6.20. The Balaban J connectivity index is 2.50. The molecule has 20 heavy (non-hydrogen) atoms. The highest BCUT2D eigenvalue weighted by atomic mass is 19.1. The van der Waals surface area contributed by atoms with Crippen LogP contribution in [0.2, 0.25) is 0 Å². The van der Waals surface area contributed by atoms with Crippen LogP contribution < -0.4 is 10.1 Å². The maximum Gasteiger partial charge on any atom is 0.131 e. The number of nitriles is 1. The third kappa shape index (κ3) is 4.82. The van der Waals surface area contributed by atoms with Crippen LogP contribution in [0.25, 0.3) is 0 Å². The molecule has 0 amide bonds. The third-order valence-electron chi connectivity index (χ3n) is 3.39. The zero-order chi connectivity index (χ0) is 15.2. The first kappa shape index (κ1) is 16.5. The van der Waals surface area contributed by atoms with Crippen LogP contribution in [0, 0.1) is 22.6 Å². The van der Waals surface area contributed by atoms with Crippen molar-refractivity contribution < 1.29 is 9.13 Å². The number of hydrogen-bond donors (Lipinski definition) is 1. The third-order valence-corrected chi connectivity index (χ3v) is 3.39. The number of benzene rings is 1. The van der Waals surface area contributed by atoms with Gasteiger partial charge in [0.15, 0.2) is 0 Å². The van der Waals surface area contributed by atoms with Crippen LogP contribution in [0.4, 0.5) is 4.39 Å². The largest absolute Gasteiger partial charge is 0.493 e. The minimum absolute atomic E-state index is 0.0273. The van der Waals surface area contributed by atoms with Gasteiger partial charge in [0.1, 0.15) is 11.6 Å². The highest BCUT2D eigenvalue weighted by Crippen LogP contribution is 2.23. The predicted molar refractivity (Wildman–Crippen MR) is 78.0 cm³/mol. The predicted octanol–water partition coefficient (Wildman–Crippen LogP) is 3.81. The Morgan fingerprint density at radius 2 is 2.15 bits per heavy atom. The first-order chi connectivity index (χ1) is 9.39. The van der Waals surface area contributed by atoms with E-state index in [2.05, 4.69) is 11.4 Å². The van der Waals surface area contributed by atoms with Gasteiger partial charge in [-0.1, -0.05) is 6.07 Å². The van der Waals surface area contributed by atoms with E-state index in [-0.39, 0.29) is 17.3 Å². The molecule has 0 fully saturated rings. The first-order valence-corrected chi connectivity index (χ1v) is 6.90. The fraction of sp³-hybridized carbons (Fsp3) is 0.562. The van der Waals surface area contributed by atoms with Crippen LogP contribution in [-0.4, -0.2) is 13.7 Å². The molecule has 0 bridgehead atoms. The lowest BCUT2D eigenvalue weighted by Gasteiger charge is -2.15. The summed E-state index contributed by atoms with van der Waals surface area (Å²) in [5, 5.41) is 11.9. The van der Waals surface area contributed by atoms with Crippen LogP contribution in [0.5, 0.6) is 5.75 Å². The van der Waals surface area contributed by atoms with E-state index in [9.17, 15) is 4.39 Å². The summed E-state index contributed by atoms with van der Waals surface area (Å²) in [6.07, 6.45) is 1.54. The van der Waals surface area contributed by atoms with Crippen molar-refractivity contribution in [2.75, 3.05) is 13.7 Å². The van der Waals surface area contributed by atoms with E-state index in [1.807, 2.05) is 20.8 Å². The summed E-state index contributed by atoms with van der Waals surface area (Å²) in [7, 11) is 1.80. The van der Waals surface area contributed by atoms with Crippen molar-refractivity contribution in [1.82, 2.24) is 5.32 Å². The highest BCUT2D eigenvalue weighted by Gasteiger charge is 2.16. The van der Waals surface area contributed by atoms with E-state index < -0.39 is 0 Å². The van der Waals surface area contributed by atoms with Gasteiger partial charge >= 0.3 is 0 Å². The topological polar surface area (TPSA) is 45.0 Å². The van der Waals surface area contributed by atoms with Crippen molar-refractivity contribution >= 4 is 0 Å². The lowest BCUT2D eigenvalue weighted by molar-refractivity contribution is 0.283. The van der Waals surface area contributed by atoms with E-state index in [0.29, 0.717) is 17.9 Å². The van der Waals surface area contributed by atoms with E-state index in [0.717, 1.165) is 12.8 Å². The van der Waals surface area contributed by atoms with Crippen molar-refractivity contribution in [1.29, 1.82) is 5.26 Å². The minimum Gasteiger partial charge on any atom is -0.493 e. The molecule has 1 atom stereocenters. The normalized spacial score (nSPS) is 12.8. The van der Waals surface area contributed by atoms with Gasteiger partial charge in [-0.2, -0.15) is 5.26 Å². The maximum absolute atomic E-state index is 13.9. The van der Waals surface area contributed by atoms with Crippen LogP contribution in [-0.2, 0) is 0 Å². The van der Waals surface area contributed by atoms with Gasteiger partial charge in [0.25, 0.3) is 0 Å². The first-order valence-electron chi connectivity index (χ1n) is 6.90. The fourth-order valence-corrected chi connectivity index (χ4v) is 1.86. The second-order valence-electron chi connectivity index (χ2n) is 5.64. The van der Waals surface area contributed by atoms with Gasteiger partial charge in [-0.05, 0) is 46.7 Å². The molecule has 0 saturated heterocycles. The summed E-state index contributed by atoms with van der Waals surface area (Å²) >= 11 is 0. The van der Waals surface area contributed by atoms with E-state index in [1.54, 1.807) is 19.2 Å². The van der Waals surface area contributed by atoms with Gasteiger partial charge in [0, 0.05) is 17.7 Å². The molecule has 0 aliphatic carbocycles. The molecule has 0 spiro atoms. The average Bonchev–Trinajstić information content (AvgIpc) is 2.43. The van der Waals surface area contributed by atoms with Crippen LogP contribution in [0.15, 0.2) is 18.2 Å². The van der Waals surface area contributed by atoms with E-state index in [1.165, 1.54) is 6.07 Å². The molecule has 3 nitrogen and oxygen atoms in total. The molecule has 1 unspecified atom stereocenters. The highest BCUT2D eigenvalue weighted by molar-refractivity contribution is 5.30. The van der Waals surface area contributed by atoms with Crippen LogP contribution in [0.1, 0.15) is 45.2 Å². The standard InChI is InChI=1S/C16H23FN2O/c1-12(19-4)14-7-6-13(10-15(14)17)20-9-5-8-16(2,3)11-18/h6-7,10,12,19H,5,8-9H2,1-4H3. The molecular formula is C16H23FN2O. The van der Waals surface area contributed by atoms with E-state index >= 15 is 0 Å². The average molecular weight is 278 g/mol. The number of nitrogens with zero attached hydrogens (tertiary/aromatic N) is 1. The molecule has 0 saturated carbocycles. The van der Waals surface area contributed by atoms with Gasteiger partial charge in [0.2, 0.25) is 0 Å². The molecule has 4 heteroatoms. The van der Waals surface area contributed by atoms with Crippen molar-refractivity contribution in [2.24, 2.45) is 5.41 Å². The second kappa shape index (κ2) is 7.25. The van der Waals surface area contributed by atoms with Crippen molar-refractivity contribution in [3.05, 3.63) is 29.6 Å². The monoisotopic (exact) mass is 278 g/mol. The van der Waals surface area contributed by atoms with Crippen LogP contribution >= 0.6 is 0 Å². The van der Waals surface area contributed by atoms with Crippen LogP contribution in [0.3, 0.4) is 0 Å². The van der Waals surface area contributed by atoms with Crippen molar-refractivity contribution in [2.45, 2.75) is 39.7 Å². The lowest BCUT2D eigenvalue weighted by Crippen LogP contribution is -2.14. The summed E-state index contributed by atoms with van der Waals surface area (Å²) in [5.41, 5.74) is 0.297. The molecule has 110 valence electrons. The Morgan fingerprint density at radius 3 is 2.70 bits per heavy atom. The number of hydrogen-bond acceptors (Lipinski definition) is 3. The zero-order valence-electron chi connectivity index (χ0n) is 12.7. The zero-order valence-corrected chi connectivity index (χ0v) is 12.7.